The van der Waals surface area contributed by atoms with Crippen molar-refractivity contribution in [1.29, 1.82) is 0 Å². The van der Waals surface area contributed by atoms with Crippen LogP contribution in [-0.2, 0) is 6.18 Å². The van der Waals surface area contributed by atoms with Crippen LogP contribution in [-0.4, -0.2) is 27.1 Å². The Morgan fingerprint density at radius 2 is 1.90 bits per heavy atom. The fourth-order valence-electron chi connectivity index (χ4n) is 3.50. The number of aromatic amines is 1. The van der Waals surface area contributed by atoms with Gasteiger partial charge >= 0.3 is 6.18 Å². The molecule has 3 rings (SSSR count). The largest absolute Gasteiger partial charge is 0.490 e. The number of nitrogens with zero attached hydrogens (tertiary/aromatic N) is 2. The number of fused-ring (bicyclic) bond motifs is 1. The molecule has 0 aromatic carbocycles. The number of alkyl halides is 5. The first-order chi connectivity index (χ1) is 14.4. The molecule has 0 spiro atoms. The third-order valence-corrected chi connectivity index (χ3v) is 4.66. The van der Waals surface area contributed by atoms with E-state index >= 15 is 0 Å². The Bertz CT molecular complexity index is 1060. The molecular weight excluding hydrogens is 419 g/mol. The van der Waals surface area contributed by atoms with Crippen LogP contribution in [0.3, 0.4) is 0 Å². The molecule has 0 radical (unpaired) electrons. The van der Waals surface area contributed by atoms with Gasteiger partial charge in [0.25, 0.3) is 6.43 Å². The average molecular weight is 442 g/mol. The van der Waals surface area contributed by atoms with E-state index in [1.807, 2.05) is 13.8 Å². The summed E-state index contributed by atoms with van der Waals surface area (Å²) in [5.74, 6) is 0.180. The van der Waals surface area contributed by atoms with Crippen LogP contribution in [0.5, 0.6) is 5.75 Å². The maximum absolute atomic E-state index is 13.7. The molecule has 0 aliphatic heterocycles. The van der Waals surface area contributed by atoms with Crippen molar-refractivity contribution in [3.63, 3.8) is 0 Å². The number of pyridine rings is 2. The lowest BCUT2D eigenvalue weighted by Gasteiger charge is -2.27. The Labute approximate surface area is 175 Å². The maximum Gasteiger partial charge on any atom is 0.417 e. The topological polar surface area (TPSA) is 76.8 Å². The number of halogens is 5. The lowest BCUT2D eigenvalue weighted by molar-refractivity contribution is -0.137. The predicted octanol–water partition coefficient (Wildman–Crippen LogP) is 5.72. The second kappa shape index (κ2) is 8.41. The molecule has 0 aliphatic carbocycles. The maximum atomic E-state index is 13.7. The van der Waals surface area contributed by atoms with Gasteiger partial charge in [-0.15, -0.1) is 0 Å². The number of hydrogen-bond acceptors (Lipinski definition) is 4. The van der Waals surface area contributed by atoms with Gasteiger partial charge in [-0.1, -0.05) is 13.8 Å². The zero-order valence-electron chi connectivity index (χ0n) is 17.2. The van der Waals surface area contributed by atoms with E-state index in [2.05, 4.69) is 15.0 Å². The lowest BCUT2D eigenvalue weighted by Crippen LogP contribution is -2.43. The second-order valence-corrected chi connectivity index (χ2v) is 8.24. The Balaban J connectivity index is 1.96. The fraction of sp³-hybridized carbons (Fsp3) is 0.429. The van der Waals surface area contributed by atoms with E-state index in [4.69, 9.17) is 10.5 Å². The van der Waals surface area contributed by atoms with Gasteiger partial charge in [0.1, 0.15) is 23.7 Å². The fourth-order valence-corrected chi connectivity index (χ4v) is 3.50. The summed E-state index contributed by atoms with van der Waals surface area (Å²) in [7, 11) is 0. The van der Waals surface area contributed by atoms with Gasteiger partial charge in [-0.3, -0.25) is 0 Å². The molecule has 31 heavy (non-hydrogen) atoms. The smallest absolute Gasteiger partial charge is 0.417 e. The van der Waals surface area contributed by atoms with E-state index < -0.39 is 29.4 Å². The molecule has 168 valence electrons. The highest BCUT2D eigenvalue weighted by atomic mass is 19.4. The van der Waals surface area contributed by atoms with E-state index in [-0.39, 0.29) is 34.6 Å². The zero-order chi connectivity index (χ0) is 23.0. The highest BCUT2D eigenvalue weighted by Crippen LogP contribution is 2.36. The van der Waals surface area contributed by atoms with Gasteiger partial charge in [-0.2, -0.15) is 13.2 Å². The van der Waals surface area contributed by atoms with Crippen molar-refractivity contribution in [2.45, 2.75) is 45.3 Å². The molecule has 3 N–H and O–H groups in total. The van der Waals surface area contributed by atoms with Crippen molar-refractivity contribution in [2.24, 2.45) is 11.7 Å². The summed E-state index contributed by atoms with van der Waals surface area (Å²) in [6.07, 6.45) is -4.81. The van der Waals surface area contributed by atoms with Crippen LogP contribution in [0.15, 0.2) is 30.6 Å². The number of nitrogens with one attached hydrogen (secondary N) is 1. The van der Waals surface area contributed by atoms with Crippen molar-refractivity contribution in [1.82, 2.24) is 15.0 Å². The molecule has 0 fully saturated rings. The Kier molecular flexibility index (Phi) is 6.22. The summed E-state index contributed by atoms with van der Waals surface area (Å²) < 4.78 is 72.0. The van der Waals surface area contributed by atoms with Crippen molar-refractivity contribution < 1.29 is 26.7 Å². The Hall–Kier alpha value is -2.75. The van der Waals surface area contributed by atoms with Crippen molar-refractivity contribution in [3.05, 3.63) is 41.9 Å². The molecule has 3 aromatic rings. The molecule has 5 nitrogen and oxygen atoms in total. The third kappa shape index (κ3) is 5.30. The Morgan fingerprint density at radius 3 is 2.52 bits per heavy atom. The molecule has 10 heteroatoms. The van der Waals surface area contributed by atoms with Gasteiger partial charge < -0.3 is 15.5 Å². The number of H-pyrrole nitrogens is 1. The Morgan fingerprint density at radius 1 is 1.19 bits per heavy atom. The van der Waals surface area contributed by atoms with Crippen LogP contribution >= 0.6 is 0 Å². The summed E-state index contributed by atoms with van der Waals surface area (Å²) in [6.45, 7) is 5.77. The molecule has 0 aliphatic rings. The summed E-state index contributed by atoms with van der Waals surface area (Å²) in [4.78, 5) is 10.5. The second-order valence-electron chi connectivity index (χ2n) is 8.24. The highest BCUT2D eigenvalue weighted by molar-refractivity contribution is 5.93. The molecule has 0 bridgehead atoms. The van der Waals surface area contributed by atoms with E-state index in [9.17, 15) is 22.0 Å². The summed E-state index contributed by atoms with van der Waals surface area (Å²) in [5.41, 5.74) is 4.40. The molecule has 0 saturated carbocycles. The quantitative estimate of drug-likeness (QED) is 0.459. The van der Waals surface area contributed by atoms with Crippen LogP contribution in [0.1, 0.15) is 44.9 Å². The normalized spacial score (nSPS) is 14.4. The van der Waals surface area contributed by atoms with Crippen LogP contribution in [0, 0.1) is 5.92 Å². The predicted molar refractivity (Wildman–Crippen MR) is 107 cm³/mol. The van der Waals surface area contributed by atoms with Crippen LogP contribution in [0.25, 0.3) is 22.3 Å². The summed E-state index contributed by atoms with van der Waals surface area (Å²) in [5, 5.41) is 0.127. The van der Waals surface area contributed by atoms with Crippen molar-refractivity contribution >= 4 is 11.0 Å². The van der Waals surface area contributed by atoms with E-state index in [1.54, 1.807) is 6.92 Å². The summed E-state index contributed by atoms with van der Waals surface area (Å²) in [6, 6.07) is 3.66. The van der Waals surface area contributed by atoms with E-state index in [0.717, 1.165) is 6.07 Å². The number of nitrogens with two attached hydrogens (primary N) is 1. The van der Waals surface area contributed by atoms with Crippen molar-refractivity contribution in [3.8, 4) is 17.0 Å². The van der Waals surface area contributed by atoms with Crippen LogP contribution < -0.4 is 10.5 Å². The van der Waals surface area contributed by atoms with Crippen molar-refractivity contribution in [2.75, 3.05) is 6.61 Å². The first-order valence-electron chi connectivity index (χ1n) is 9.63. The minimum Gasteiger partial charge on any atom is -0.490 e. The van der Waals surface area contributed by atoms with Gasteiger partial charge in [0.2, 0.25) is 0 Å². The van der Waals surface area contributed by atoms with Gasteiger partial charge in [0.15, 0.2) is 0 Å². The minimum atomic E-state index is -4.58. The van der Waals surface area contributed by atoms with Gasteiger partial charge in [0, 0.05) is 28.9 Å². The summed E-state index contributed by atoms with van der Waals surface area (Å²) >= 11 is 0. The third-order valence-electron chi connectivity index (χ3n) is 4.66. The number of rotatable bonds is 7. The zero-order valence-corrected chi connectivity index (χ0v) is 17.2. The van der Waals surface area contributed by atoms with Gasteiger partial charge in [-0.25, -0.2) is 18.7 Å². The number of ether oxygens (including phenoxy) is 1. The van der Waals surface area contributed by atoms with Gasteiger partial charge in [-0.05, 0) is 37.5 Å². The standard InChI is InChI=1S/C21H23F5N4O/c1-11(2)7-20(3,27)10-31-16-5-4-15(30-17(16)18(22)23)14-9-29-19-13(14)6-12(8-28-19)21(24,25)26/h4-6,8-9,11,18H,7,10,27H2,1-3H3,(H,28,29)/t20-/m0/s1. The first-order valence-corrected chi connectivity index (χ1v) is 9.63. The number of hydrogen-bond donors (Lipinski definition) is 2. The molecule has 0 unspecified atom stereocenters. The van der Waals surface area contributed by atoms with E-state index in [0.29, 0.717) is 18.5 Å². The molecule has 1 atom stereocenters. The minimum absolute atomic E-state index is 0.0118. The monoisotopic (exact) mass is 442 g/mol. The molecule has 0 saturated heterocycles. The van der Waals surface area contributed by atoms with Gasteiger partial charge in [0.05, 0.1) is 11.3 Å². The van der Waals surface area contributed by atoms with Crippen LogP contribution in [0.2, 0.25) is 0 Å². The highest BCUT2D eigenvalue weighted by Gasteiger charge is 2.32. The molecule has 0 amide bonds. The SMILES string of the molecule is CC(C)C[C@](C)(N)COc1ccc(-c2c[nH]c3ncc(C(F)(F)F)cc23)nc1C(F)F. The molecular formula is C21H23F5N4O. The first kappa shape index (κ1) is 22.9. The molecule has 3 heterocycles. The van der Waals surface area contributed by atoms with Crippen LogP contribution in [0.4, 0.5) is 22.0 Å². The number of aromatic nitrogens is 3. The molecule has 3 aromatic heterocycles. The van der Waals surface area contributed by atoms with E-state index in [1.165, 1.54) is 18.3 Å². The lowest BCUT2D eigenvalue weighted by atomic mass is 9.93. The average Bonchev–Trinajstić information content (AvgIpc) is 3.08.